The molecule has 1 aromatic carbocycles. The Labute approximate surface area is 163 Å². The van der Waals surface area contributed by atoms with Crippen LogP contribution in [0.15, 0.2) is 12.1 Å². The summed E-state index contributed by atoms with van der Waals surface area (Å²) in [6.45, 7) is -0.936. The molecule has 1 aliphatic heterocycles. The predicted octanol–water partition coefficient (Wildman–Crippen LogP) is 3.30. The van der Waals surface area contributed by atoms with E-state index in [1.54, 1.807) is 13.1 Å². The summed E-state index contributed by atoms with van der Waals surface area (Å²) in [5.74, 6) is 0.400. The van der Waals surface area contributed by atoms with Crippen LogP contribution in [-0.4, -0.2) is 36.8 Å². The molecule has 0 spiro atoms. The highest BCUT2D eigenvalue weighted by Crippen LogP contribution is 2.39. The fraction of sp³-hybridized carbons (Fsp3) is 0.611. The molecule has 0 bridgehead atoms. The van der Waals surface area contributed by atoms with Gasteiger partial charge in [-0.2, -0.15) is 8.78 Å². The molecule has 2 unspecified atom stereocenters. The lowest BCUT2D eigenvalue weighted by atomic mass is 9.74. The zero-order chi connectivity index (χ0) is 18.9. The van der Waals surface area contributed by atoms with E-state index in [0.717, 1.165) is 25.7 Å². The van der Waals surface area contributed by atoms with Gasteiger partial charge in [0, 0.05) is 30.8 Å². The number of amides is 1. The van der Waals surface area contributed by atoms with Crippen molar-refractivity contribution in [2.75, 3.05) is 13.8 Å². The van der Waals surface area contributed by atoms with E-state index < -0.39 is 12.2 Å². The molecular weight excluding hydrogens is 382 g/mol. The number of halogens is 3. The Morgan fingerprint density at radius 1 is 1.37 bits per heavy atom. The molecule has 1 amide bonds. The predicted molar refractivity (Wildman–Crippen MR) is 97.5 cm³/mol. The lowest BCUT2D eigenvalue weighted by molar-refractivity contribution is -0.138. The van der Waals surface area contributed by atoms with Gasteiger partial charge < -0.3 is 24.8 Å². The van der Waals surface area contributed by atoms with Crippen LogP contribution in [0.4, 0.5) is 8.78 Å². The SMILES string of the molecule is CN(Cc1cc2c(cc1OC(F)F)OCO2)C(=O)C1CCCCC1(C)N.Cl. The van der Waals surface area contributed by atoms with Gasteiger partial charge in [0.1, 0.15) is 5.75 Å². The maximum absolute atomic E-state index is 12.9. The molecule has 152 valence electrons. The maximum atomic E-state index is 12.9. The summed E-state index contributed by atoms with van der Waals surface area (Å²) in [4.78, 5) is 14.4. The van der Waals surface area contributed by atoms with Crippen molar-refractivity contribution in [2.24, 2.45) is 11.7 Å². The zero-order valence-corrected chi connectivity index (χ0v) is 16.2. The molecule has 1 aromatic rings. The van der Waals surface area contributed by atoms with Gasteiger partial charge in [-0.1, -0.05) is 12.8 Å². The van der Waals surface area contributed by atoms with Crippen LogP contribution in [0.3, 0.4) is 0 Å². The molecule has 1 heterocycles. The highest BCUT2D eigenvalue weighted by atomic mass is 35.5. The van der Waals surface area contributed by atoms with Crippen LogP contribution in [0, 0.1) is 5.92 Å². The van der Waals surface area contributed by atoms with Crippen LogP contribution < -0.4 is 19.9 Å². The molecule has 9 heteroatoms. The third-order valence-corrected chi connectivity index (χ3v) is 5.11. The van der Waals surface area contributed by atoms with Crippen molar-refractivity contribution >= 4 is 18.3 Å². The number of carbonyl (C=O) groups excluding carboxylic acids is 1. The Bertz CT molecular complexity index is 688. The summed E-state index contributed by atoms with van der Waals surface area (Å²) in [7, 11) is 1.64. The molecule has 0 saturated heterocycles. The van der Waals surface area contributed by atoms with E-state index in [9.17, 15) is 13.6 Å². The van der Waals surface area contributed by atoms with Crippen LogP contribution >= 0.6 is 12.4 Å². The molecule has 0 radical (unpaired) electrons. The van der Waals surface area contributed by atoms with Crippen molar-refractivity contribution in [3.8, 4) is 17.2 Å². The summed E-state index contributed by atoms with van der Waals surface area (Å²) >= 11 is 0. The quantitative estimate of drug-likeness (QED) is 0.812. The zero-order valence-electron chi connectivity index (χ0n) is 15.4. The van der Waals surface area contributed by atoms with Gasteiger partial charge in [0.15, 0.2) is 11.5 Å². The van der Waals surface area contributed by atoms with Crippen LogP contribution in [0.2, 0.25) is 0 Å². The number of ether oxygens (including phenoxy) is 3. The Kier molecular flexibility index (Phi) is 6.75. The van der Waals surface area contributed by atoms with Gasteiger partial charge in [0.2, 0.25) is 12.7 Å². The van der Waals surface area contributed by atoms with E-state index in [1.807, 2.05) is 6.92 Å². The van der Waals surface area contributed by atoms with Gasteiger partial charge in [0.25, 0.3) is 0 Å². The number of carbonyl (C=O) groups is 1. The topological polar surface area (TPSA) is 74.0 Å². The Morgan fingerprint density at radius 2 is 2.04 bits per heavy atom. The van der Waals surface area contributed by atoms with Crippen LogP contribution in [-0.2, 0) is 11.3 Å². The average Bonchev–Trinajstić information content (AvgIpc) is 3.00. The minimum atomic E-state index is -2.97. The van der Waals surface area contributed by atoms with Crippen LogP contribution in [0.25, 0.3) is 0 Å². The minimum absolute atomic E-state index is 0. The van der Waals surface area contributed by atoms with Gasteiger partial charge in [-0.25, -0.2) is 0 Å². The Hall–Kier alpha value is -1.80. The number of hydrogen-bond acceptors (Lipinski definition) is 5. The minimum Gasteiger partial charge on any atom is -0.454 e. The summed E-state index contributed by atoms with van der Waals surface area (Å²) in [5.41, 5.74) is 6.19. The van der Waals surface area contributed by atoms with E-state index in [0.29, 0.717) is 17.1 Å². The van der Waals surface area contributed by atoms with E-state index in [4.69, 9.17) is 15.2 Å². The van der Waals surface area contributed by atoms with Crippen molar-refractivity contribution in [1.82, 2.24) is 4.90 Å². The number of hydrogen-bond donors (Lipinski definition) is 1. The average molecular weight is 407 g/mol. The highest BCUT2D eigenvalue weighted by molar-refractivity contribution is 5.85. The number of nitrogens with zero attached hydrogens (tertiary/aromatic N) is 1. The summed E-state index contributed by atoms with van der Waals surface area (Å²) in [6.07, 6.45) is 3.49. The fourth-order valence-corrected chi connectivity index (χ4v) is 3.66. The largest absolute Gasteiger partial charge is 0.454 e. The van der Waals surface area contributed by atoms with E-state index in [1.165, 1.54) is 11.0 Å². The van der Waals surface area contributed by atoms with Crippen molar-refractivity contribution < 1.29 is 27.8 Å². The van der Waals surface area contributed by atoms with Crippen molar-refractivity contribution in [3.05, 3.63) is 17.7 Å². The van der Waals surface area contributed by atoms with Crippen LogP contribution in [0.1, 0.15) is 38.2 Å². The monoisotopic (exact) mass is 406 g/mol. The fourth-order valence-electron chi connectivity index (χ4n) is 3.66. The summed E-state index contributed by atoms with van der Waals surface area (Å²) < 4.78 is 40.6. The van der Waals surface area contributed by atoms with Crippen molar-refractivity contribution in [1.29, 1.82) is 0 Å². The normalized spacial score (nSPS) is 23.7. The first-order valence-corrected chi connectivity index (χ1v) is 8.69. The van der Waals surface area contributed by atoms with Gasteiger partial charge in [-0.15, -0.1) is 12.4 Å². The van der Waals surface area contributed by atoms with E-state index in [2.05, 4.69) is 4.74 Å². The first kappa shape index (κ1) is 21.5. The molecule has 1 saturated carbocycles. The first-order chi connectivity index (χ1) is 12.3. The number of rotatable bonds is 5. The molecule has 6 nitrogen and oxygen atoms in total. The summed E-state index contributed by atoms with van der Waals surface area (Å²) in [6, 6.07) is 2.95. The molecule has 3 rings (SSSR count). The number of alkyl halides is 2. The van der Waals surface area contributed by atoms with Gasteiger partial charge in [-0.3, -0.25) is 4.79 Å². The molecule has 27 heavy (non-hydrogen) atoms. The Balaban J connectivity index is 0.00000261. The number of nitrogens with two attached hydrogens (primary N) is 1. The Morgan fingerprint density at radius 3 is 2.67 bits per heavy atom. The highest BCUT2D eigenvalue weighted by Gasteiger charge is 2.39. The standard InChI is InChI=1S/C18H24F2N2O4.ClH/c1-18(21)6-4-3-5-12(18)16(23)22(2)9-11-7-14-15(25-10-24-14)8-13(11)26-17(19)20;/h7-8,12,17H,3-6,9-10,21H2,1-2H3;1H. The van der Waals surface area contributed by atoms with E-state index >= 15 is 0 Å². The molecule has 1 fully saturated rings. The number of benzene rings is 1. The third kappa shape index (κ3) is 4.73. The van der Waals surface area contributed by atoms with Crippen LogP contribution in [0.5, 0.6) is 17.2 Å². The second kappa shape index (κ2) is 8.48. The molecule has 1 aliphatic carbocycles. The molecule has 2 aliphatic rings. The molecule has 0 aromatic heterocycles. The molecule has 2 N–H and O–H groups in total. The van der Waals surface area contributed by atoms with Gasteiger partial charge in [-0.05, 0) is 25.8 Å². The first-order valence-electron chi connectivity index (χ1n) is 8.69. The lowest BCUT2D eigenvalue weighted by Crippen LogP contribution is -2.53. The number of fused-ring (bicyclic) bond motifs is 1. The lowest BCUT2D eigenvalue weighted by Gasteiger charge is -2.39. The van der Waals surface area contributed by atoms with Crippen molar-refractivity contribution in [3.63, 3.8) is 0 Å². The smallest absolute Gasteiger partial charge is 0.387 e. The summed E-state index contributed by atoms with van der Waals surface area (Å²) in [5, 5.41) is 0. The van der Waals surface area contributed by atoms with Gasteiger partial charge in [0.05, 0.1) is 5.92 Å². The molecular formula is C18H25ClF2N2O4. The third-order valence-electron chi connectivity index (χ3n) is 5.11. The van der Waals surface area contributed by atoms with E-state index in [-0.39, 0.29) is 43.3 Å². The molecule has 2 atom stereocenters. The van der Waals surface area contributed by atoms with Gasteiger partial charge >= 0.3 is 6.61 Å². The second-order valence-corrected chi connectivity index (χ2v) is 7.19. The van der Waals surface area contributed by atoms with Crippen molar-refractivity contribution in [2.45, 2.75) is 51.3 Å². The maximum Gasteiger partial charge on any atom is 0.387 e. The second-order valence-electron chi connectivity index (χ2n) is 7.19.